The molecule has 0 radical (unpaired) electrons. The number of benzene rings is 1. The van der Waals surface area contributed by atoms with Crippen molar-refractivity contribution in [2.45, 2.75) is 13.3 Å². The first-order chi connectivity index (χ1) is 11.9. The van der Waals surface area contributed by atoms with Gasteiger partial charge in [0.05, 0.1) is 19.1 Å². The molecule has 1 N–H and O–H groups in total. The highest BCUT2D eigenvalue weighted by Gasteiger charge is 2.28. The number of rotatable bonds is 7. The standard InChI is InChI=1S/C16H20N4O5/c1-10-14(20(22)23)15(19(2)18-10)16(21)17-8-7-11-5-6-12(24-3)13(9-11)25-4/h5-6,9H,7-8H2,1-4H3,(H,17,21). The van der Waals surface area contributed by atoms with Gasteiger partial charge in [0.15, 0.2) is 11.5 Å². The molecule has 0 fully saturated rings. The van der Waals surface area contributed by atoms with Gasteiger partial charge < -0.3 is 14.8 Å². The van der Waals surface area contributed by atoms with E-state index in [2.05, 4.69) is 10.4 Å². The normalized spacial score (nSPS) is 10.4. The number of nitrogens with one attached hydrogen (secondary N) is 1. The van der Waals surface area contributed by atoms with Crippen molar-refractivity contribution in [2.24, 2.45) is 7.05 Å². The van der Waals surface area contributed by atoms with Crippen LogP contribution in [-0.2, 0) is 13.5 Å². The van der Waals surface area contributed by atoms with Gasteiger partial charge in [-0.15, -0.1) is 0 Å². The Balaban J connectivity index is 2.06. The summed E-state index contributed by atoms with van der Waals surface area (Å²) in [7, 11) is 4.61. The molecule has 0 aliphatic rings. The Hall–Kier alpha value is -3.10. The molecule has 25 heavy (non-hydrogen) atoms. The average Bonchev–Trinajstić information content (AvgIpc) is 2.88. The molecule has 1 aromatic carbocycles. The van der Waals surface area contributed by atoms with Crippen molar-refractivity contribution < 1.29 is 19.2 Å². The molecule has 9 nitrogen and oxygen atoms in total. The molecular weight excluding hydrogens is 328 g/mol. The van der Waals surface area contributed by atoms with E-state index in [1.54, 1.807) is 20.3 Å². The Morgan fingerprint density at radius 3 is 2.60 bits per heavy atom. The third-order valence-electron chi connectivity index (χ3n) is 3.74. The van der Waals surface area contributed by atoms with Gasteiger partial charge in [-0.05, 0) is 31.0 Å². The van der Waals surface area contributed by atoms with Crippen LogP contribution in [0, 0.1) is 17.0 Å². The summed E-state index contributed by atoms with van der Waals surface area (Å²) in [5, 5.41) is 17.8. The molecule has 0 bridgehead atoms. The van der Waals surface area contributed by atoms with Crippen molar-refractivity contribution in [2.75, 3.05) is 20.8 Å². The lowest BCUT2D eigenvalue weighted by Crippen LogP contribution is -2.28. The molecular formula is C16H20N4O5. The van der Waals surface area contributed by atoms with Crippen LogP contribution in [0.5, 0.6) is 11.5 Å². The quantitative estimate of drug-likeness (QED) is 0.602. The number of methoxy groups -OCH3 is 2. The first-order valence-corrected chi connectivity index (χ1v) is 7.56. The van der Waals surface area contributed by atoms with Crippen molar-refractivity contribution in [1.29, 1.82) is 0 Å². The summed E-state index contributed by atoms with van der Waals surface area (Å²) in [6.07, 6.45) is 0.538. The number of carbonyl (C=O) groups excluding carboxylic acids is 1. The molecule has 0 unspecified atom stereocenters. The Morgan fingerprint density at radius 2 is 2.00 bits per heavy atom. The van der Waals surface area contributed by atoms with Gasteiger partial charge in [-0.25, -0.2) is 0 Å². The van der Waals surface area contributed by atoms with Gasteiger partial charge in [0.25, 0.3) is 5.91 Å². The Labute approximate surface area is 144 Å². The molecule has 2 rings (SSSR count). The van der Waals surface area contributed by atoms with E-state index in [-0.39, 0.29) is 17.1 Å². The zero-order valence-corrected chi connectivity index (χ0v) is 14.5. The van der Waals surface area contributed by atoms with Crippen LogP contribution in [0.25, 0.3) is 0 Å². The van der Waals surface area contributed by atoms with Gasteiger partial charge in [-0.2, -0.15) is 5.10 Å². The molecule has 1 aromatic heterocycles. The van der Waals surface area contributed by atoms with Crippen molar-refractivity contribution in [3.05, 3.63) is 45.3 Å². The molecule has 1 heterocycles. The van der Waals surface area contributed by atoms with Crippen LogP contribution in [0.2, 0.25) is 0 Å². The highest BCUT2D eigenvalue weighted by atomic mass is 16.6. The van der Waals surface area contributed by atoms with E-state index >= 15 is 0 Å². The van der Waals surface area contributed by atoms with E-state index < -0.39 is 10.8 Å². The highest BCUT2D eigenvalue weighted by molar-refractivity contribution is 5.96. The van der Waals surface area contributed by atoms with Gasteiger partial charge in [-0.1, -0.05) is 6.07 Å². The second-order valence-corrected chi connectivity index (χ2v) is 5.36. The van der Waals surface area contributed by atoms with Crippen LogP contribution in [0.1, 0.15) is 21.7 Å². The number of nitrogens with zero attached hydrogens (tertiary/aromatic N) is 3. The summed E-state index contributed by atoms with van der Waals surface area (Å²) in [6, 6.07) is 5.47. The first-order valence-electron chi connectivity index (χ1n) is 7.56. The third kappa shape index (κ3) is 3.87. The summed E-state index contributed by atoms with van der Waals surface area (Å²) in [4.78, 5) is 22.8. The van der Waals surface area contributed by atoms with E-state index in [1.807, 2.05) is 12.1 Å². The van der Waals surface area contributed by atoms with Crippen LogP contribution in [-0.4, -0.2) is 41.4 Å². The van der Waals surface area contributed by atoms with Crippen LogP contribution in [0.15, 0.2) is 18.2 Å². The minimum absolute atomic E-state index is 0.0604. The van der Waals surface area contributed by atoms with Gasteiger partial charge in [0, 0.05) is 13.6 Å². The Morgan fingerprint density at radius 1 is 1.32 bits per heavy atom. The zero-order chi connectivity index (χ0) is 18.6. The summed E-state index contributed by atoms with van der Waals surface area (Å²) in [5.74, 6) is 0.691. The summed E-state index contributed by atoms with van der Waals surface area (Å²) >= 11 is 0. The number of aromatic nitrogens is 2. The maximum atomic E-state index is 12.3. The fraction of sp³-hybridized carbons (Fsp3) is 0.375. The number of hydrogen-bond donors (Lipinski definition) is 1. The molecule has 0 saturated heterocycles. The molecule has 134 valence electrons. The topological polar surface area (TPSA) is 109 Å². The molecule has 0 aliphatic carbocycles. The van der Waals surface area contributed by atoms with Crippen LogP contribution < -0.4 is 14.8 Å². The minimum atomic E-state index is -0.592. The summed E-state index contributed by atoms with van der Waals surface area (Å²) in [6.45, 7) is 1.81. The lowest BCUT2D eigenvalue weighted by Gasteiger charge is -2.10. The minimum Gasteiger partial charge on any atom is -0.493 e. The van der Waals surface area contributed by atoms with E-state index in [9.17, 15) is 14.9 Å². The fourth-order valence-electron chi connectivity index (χ4n) is 2.56. The molecule has 2 aromatic rings. The van der Waals surface area contributed by atoms with Crippen LogP contribution >= 0.6 is 0 Å². The SMILES string of the molecule is COc1ccc(CCNC(=O)c2c([N+](=O)[O-])c(C)nn2C)cc1OC. The maximum Gasteiger partial charge on any atom is 0.322 e. The zero-order valence-electron chi connectivity index (χ0n) is 14.5. The number of amides is 1. The van der Waals surface area contributed by atoms with Crippen molar-refractivity contribution in [1.82, 2.24) is 15.1 Å². The Bertz CT molecular complexity index is 800. The number of carbonyl (C=O) groups is 1. The van der Waals surface area contributed by atoms with Crippen LogP contribution in [0.4, 0.5) is 5.69 Å². The number of ether oxygens (including phenoxy) is 2. The summed E-state index contributed by atoms with van der Waals surface area (Å²) in [5.41, 5.74) is 0.812. The Kier molecular flexibility index (Phi) is 5.58. The van der Waals surface area contributed by atoms with Gasteiger partial charge in [-0.3, -0.25) is 19.6 Å². The molecule has 0 spiro atoms. The fourth-order valence-corrected chi connectivity index (χ4v) is 2.56. The highest BCUT2D eigenvalue weighted by Crippen LogP contribution is 2.27. The van der Waals surface area contributed by atoms with E-state index in [0.717, 1.165) is 5.56 Å². The van der Waals surface area contributed by atoms with Gasteiger partial charge in [0.2, 0.25) is 5.69 Å². The van der Waals surface area contributed by atoms with Crippen LogP contribution in [0.3, 0.4) is 0 Å². The largest absolute Gasteiger partial charge is 0.493 e. The second kappa shape index (κ2) is 7.65. The summed E-state index contributed by atoms with van der Waals surface area (Å²) < 4.78 is 11.6. The van der Waals surface area contributed by atoms with Crippen molar-refractivity contribution in [3.8, 4) is 11.5 Å². The first kappa shape index (κ1) is 18.2. The van der Waals surface area contributed by atoms with Crippen molar-refractivity contribution in [3.63, 3.8) is 0 Å². The van der Waals surface area contributed by atoms with Gasteiger partial charge in [0.1, 0.15) is 5.69 Å². The maximum absolute atomic E-state index is 12.3. The predicted octanol–water partition coefficient (Wildman–Crippen LogP) is 1.63. The predicted molar refractivity (Wildman–Crippen MR) is 90.2 cm³/mol. The molecule has 0 aliphatic heterocycles. The number of nitro groups is 1. The number of hydrogen-bond acceptors (Lipinski definition) is 6. The number of aryl methyl sites for hydroxylation is 2. The lowest BCUT2D eigenvalue weighted by atomic mass is 10.1. The second-order valence-electron chi connectivity index (χ2n) is 5.36. The van der Waals surface area contributed by atoms with Crippen molar-refractivity contribution >= 4 is 11.6 Å². The lowest BCUT2D eigenvalue weighted by molar-refractivity contribution is -0.385. The van der Waals surface area contributed by atoms with E-state index in [4.69, 9.17) is 9.47 Å². The molecule has 0 atom stereocenters. The molecule has 1 amide bonds. The molecule has 9 heteroatoms. The average molecular weight is 348 g/mol. The van der Waals surface area contributed by atoms with E-state index in [0.29, 0.717) is 24.5 Å². The van der Waals surface area contributed by atoms with Gasteiger partial charge >= 0.3 is 5.69 Å². The molecule has 0 saturated carbocycles. The van der Waals surface area contributed by atoms with E-state index in [1.165, 1.54) is 18.7 Å². The smallest absolute Gasteiger partial charge is 0.322 e. The third-order valence-corrected chi connectivity index (χ3v) is 3.74. The monoisotopic (exact) mass is 348 g/mol.